The monoisotopic (exact) mass is 672 g/mol. The molecule has 3 aromatic rings. The smallest absolute Gasteiger partial charge is 0.338 e. The van der Waals surface area contributed by atoms with Gasteiger partial charge in [0.2, 0.25) is 15.9 Å². The van der Waals surface area contributed by atoms with E-state index in [9.17, 15) is 22.8 Å². The van der Waals surface area contributed by atoms with Crippen molar-refractivity contribution in [3.8, 4) is 5.75 Å². The van der Waals surface area contributed by atoms with Crippen LogP contribution in [0.15, 0.2) is 59.5 Å². The molecule has 0 aromatic heterocycles. The van der Waals surface area contributed by atoms with Crippen LogP contribution in [-0.4, -0.2) is 82.5 Å². The van der Waals surface area contributed by atoms with Crippen LogP contribution in [0.1, 0.15) is 57.5 Å². The molecule has 1 N–H and O–H groups in total. The van der Waals surface area contributed by atoms with Gasteiger partial charge in [0, 0.05) is 38.3 Å². The molecule has 0 spiro atoms. The highest BCUT2D eigenvalue weighted by Gasteiger charge is 2.34. The number of fused-ring (bicyclic) bond motifs is 1. The van der Waals surface area contributed by atoms with Crippen LogP contribution in [0, 0.1) is 0 Å². The fourth-order valence-corrected chi connectivity index (χ4v) is 6.33. The Morgan fingerprint density at radius 1 is 0.936 bits per heavy atom. The van der Waals surface area contributed by atoms with Crippen LogP contribution in [-0.2, 0) is 45.0 Å². The van der Waals surface area contributed by atoms with Gasteiger partial charge in [0.15, 0.2) is 6.29 Å². The molecule has 256 valence electrons. The highest BCUT2D eigenvalue weighted by molar-refractivity contribution is 7.89. The first-order valence-electron chi connectivity index (χ1n) is 15.3. The van der Waals surface area contributed by atoms with Crippen LogP contribution in [0.2, 0.25) is 0 Å². The Labute approximate surface area is 276 Å². The standard InChI is InChI=1S/C34H44N2O10S/c1-8-43-32(44-9-2)22-36(21-31(38)46-34(4,5)6)47(40,41)30-17-15-25(35-23(3)37)20-29(30)45-19-18-24-14-16-28(33(39)42-7)27-13-11-10-12-26(24)27/h10-17,20,32H,8-9,18-19,21-22H2,1-7H3,(H,35,37). The first kappa shape index (κ1) is 37.4. The van der Waals surface area contributed by atoms with E-state index in [1.807, 2.05) is 24.3 Å². The molecule has 13 heteroatoms. The first-order valence-corrected chi connectivity index (χ1v) is 16.7. The summed E-state index contributed by atoms with van der Waals surface area (Å²) in [6.45, 7) is 9.52. The van der Waals surface area contributed by atoms with Gasteiger partial charge in [-0.25, -0.2) is 13.2 Å². The summed E-state index contributed by atoms with van der Waals surface area (Å²) in [5.41, 5.74) is 0.754. The van der Waals surface area contributed by atoms with Gasteiger partial charge in [0.05, 0.1) is 25.8 Å². The van der Waals surface area contributed by atoms with Crippen molar-refractivity contribution in [2.75, 3.05) is 45.3 Å². The van der Waals surface area contributed by atoms with E-state index in [0.717, 1.165) is 15.3 Å². The maximum absolute atomic E-state index is 14.3. The van der Waals surface area contributed by atoms with Crippen LogP contribution in [0.4, 0.5) is 5.69 Å². The summed E-state index contributed by atoms with van der Waals surface area (Å²) in [5, 5.41) is 4.18. The van der Waals surface area contributed by atoms with Crippen LogP contribution < -0.4 is 10.1 Å². The van der Waals surface area contributed by atoms with Gasteiger partial charge in [-0.1, -0.05) is 30.3 Å². The quantitative estimate of drug-likeness (QED) is 0.164. The van der Waals surface area contributed by atoms with Crippen molar-refractivity contribution < 1.29 is 46.5 Å². The highest BCUT2D eigenvalue weighted by Crippen LogP contribution is 2.32. The molecule has 0 saturated heterocycles. The summed E-state index contributed by atoms with van der Waals surface area (Å²) in [5.74, 6) is -1.61. The van der Waals surface area contributed by atoms with E-state index in [1.165, 1.54) is 32.2 Å². The van der Waals surface area contributed by atoms with Crippen LogP contribution in [0.3, 0.4) is 0 Å². The summed E-state index contributed by atoms with van der Waals surface area (Å²) in [6, 6.07) is 15.0. The molecular weight excluding hydrogens is 628 g/mol. The van der Waals surface area contributed by atoms with E-state index >= 15 is 0 Å². The molecule has 0 fully saturated rings. The summed E-state index contributed by atoms with van der Waals surface area (Å²) in [4.78, 5) is 36.8. The maximum Gasteiger partial charge on any atom is 0.338 e. The molecular formula is C34H44N2O10S. The second kappa shape index (κ2) is 16.7. The fraction of sp³-hybridized carbons (Fsp3) is 0.441. The van der Waals surface area contributed by atoms with E-state index in [-0.39, 0.29) is 42.9 Å². The largest absolute Gasteiger partial charge is 0.492 e. The van der Waals surface area contributed by atoms with Gasteiger partial charge in [-0.3, -0.25) is 9.59 Å². The molecule has 0 radical (unpaired) electrons. The fourth-order valence-electron chi connectivity index (χ4n) is 4.85. The number of anilines is 1. The predicted octanol–water partition coefficient (Wildman–Crippen LogP) is 4.94. The topological polar surface area (TPSA) is 147 Å². The predicted molar refractivity (Wildman–Crippen MR) is 177 cm³/mol. The third kappa shape index (κ3) is 10.5. The summed E-state index contributed by atoms with van der Waals surface area (Å²) >= 11 is 0. The normalized spacial score (nSPS) is 11.9. The molecule has 3 rings (SSSR count). The Morgan fingerprint density at radius 3 is 2.19 bits per heavy atom. The summed E-state index contributed by atoms with van der Waals surface area (Å²) < 4.78 is 57.2. The Morgan fingerprint density at radius 2 is 1.60 bits per heavy atom. The number of carbonyl (C=O) groups is 3. The minimum absolute atomic E-state index is 0.0368. The van der Waals surface area contributed by atoms with Crippen LogP contribution >= 0.6 is 0 Å². The highest BCUT2D eigenvalue weighted by atomic mass is 32.2. The average molecular weight is 673 g/mol. The summed E-state index contributed by atoms with van der Waals surface area (Å²) in [6.07, 6.45) is -0.601. The van der Waals surface area contributed by atoms with Gasteiger partial charge >= 0.3 is 11.9 Å². The molecule has 0 saturated carbocycles. The molecule has 0 atom stereocenters. The van der Waals surface area contributed by atoms with Gasteiger partial charge in [0.25, 0.3) is 0 Å². The van der Waals surface area contributed by atoms with Crippen molar-refractivity contribution in [3.05, 3.63) is 65.7 Å². The Bertz CT molecular complexity index is 1660. The number of nitrogens with one attached hydrogen (secondary N) is 1. The van der Waals surface area contributed by atoms with Crippen LogP contribution in [0.5, 0.6) is 5.75 Å². The number of sulfonamides is 1. The molecule has 0 heterocycles. The van der Waals surface area contributed by atoms with Crippen molar-refractivity contribution >= 4 is 44.3 Å². The van der Waals surface area contributed by atoms with E-state index in [2.05, 4.69) is 5.32 Å². The van der Waals surface area contributed by atoms with Crippen molar-refractivity contribution in [1.29, 1.82) is 0 Å². The Kier molecular flexibility index (Phi) is 13.3. The van der Waals surface area contributed by atoms with Gasteiger partial charge in [-0.2, -0.15) is 4.31 Å². The minimum Gasteiger partial charge on any atom is -0.492 e. The molecule has 0 aliphatic carbocycles. The van der Waals surface area contributed by atoms with Crippen LogP contribution in [0.25, 0.3) is 10.8 Å². The zero-order valence-corrected chi connectivity index (χ0v) is 28.8. The second-order valence-corrected chi connectivity index (χ2v) is 13.4. The number of rotatable bonds is 16. The number of ether oxygens (including phenoxy) is 5. The minimum atomic E-state index is -4.42. The van der Waals surface area contributed by atoms with Crippen molar-refractivity contribution in [2.24, 2.45) is 0 Å². The molecule has 3 aromatic carbocycles. The van der Waals surface area contributed by atoms with E-state index in [1.54, 1.807) is 46.8 Å². The third-order valence-corrected chi connectivity index (χ3v) is 8.56. The molecule has 0 unspecified atom stereocenters. The maximum atomic E-state index is 14.3. The number of methoxy groups -OCH3 is 1. The van der Waals surface area contributed by atoms with Gasteiger partial charge in [-0.05, 0) is 69.2 Å². The van der Waals surface area contributed by atoms with Crippen molar-refractivity contribution in [3.63, 3.8) is 0 Å². The lowest BCUT2D eigenvalue weighted by molar-refractivity contribution is -0.158. The number of nitrogens with zero attached hydrogens (tertiary/aromatic N) is 1. The van der Waals surface area contributed by atoms with Gasteiger partial charge in [-0.15, -0.1) is 0 Å². The second-order valence-electron chi connectivity index (χ2n) is 11.5. The lowest BCUT2D eigenvalue weighted by atomic mass is 9.98. The van der Waals surface area contributed by atoms with Gasteiger partial charge < -0.3 is 29.0 Å². The number of hydrogen-bond donors (Lipinski definition) is 1. The molecule has 0 aliphatic heterocycles. The summed E-state index contributed by atoms with van der Waals surface area (Å²) in [7, 11) is -3.10. The molecule has 1 amide bonds. The Balaban J connectivity index is 2.00. The first-order chi connectivity index (χ1) is 22.2. The molecule has 0 aliphatic rings. The number of amides is 1. The Hall–Kier alpha value is -4.04. The molecule has 0 bridgehead atoms. The number of carbonyl (C=O) groups excluding carboxylic acids is 3. The third-order valence-electron chi connectivity index (χ3n) is 6.71. The zero-order chi connectivity index (χ0) is 34.8. The van der Waals surface area contributed by atoms with E-state index < -0.39 is 40.4 Å². The number of hydrogen-bond acceptors (Lipinski definition) is 10. The SMILES string of the molecule is CCOC(CN(CC(=O)OC(C)(C)C)S(=O)(=O)c1ccc(NC(C)=O)cc1OCCc1ccc(C(=O)OC)c2ccccc12)OCC. The average Bonchev–Trinajstić information content (AvgIpc) is 2.99. The van der Waals surface area contributed by atoms with Crippen molar-refractivity contribution in [2.45, 2.75) is 64.7 Å². The van der Waals surface area contributed by atoms with E-state index in [0.29, 0.717) is 23.1 Å². The number of esters is 2. The zero-order valence-electron chi connectivity index (χ0n) is 28.0. The van der Waals surface area contributed by atoms with Crippen molar-refractivity contribution in [1.82, 2.24) is 4.31 Å². The number of benzene rings is 3. The lowest BCUT2D eigenvalue weighted by Gasteiger charge is -2.28. The lowest BCUT2D eigenvalue weighted by Crippen LogP contribution is -2.44. The van der Waals surface area contributed by atoms with Gasteiger partial charge in [0.1, 0.15) is 22.8 Å². The molecule has 12 nitrogen and oxygen atoms in total. The van der Waals surface area contributed by atoms with E-state index in [4.69, 9.17) is 23.7 Å². The molecule has 47 heavy (non-hydrogen) atoms.